The lowest BCUT2D eigenvalue weighted by Gasteiger charge is -2.17. The van der Waals surface area contributed by atoms with Gasteiger partial charge in [-0.05, 0) is 30.5 Å². The van der Waals surface area contributed by atoms with Crippen LogP contribution >= 0.6 is 0 Å². The molecule has 4 nitrogen and oxygen atoms in total. The molecule has 0 N–H and O–H groups in total. The third-order valence-corrected chi connectivity index (χ3v) is 4.73. The average molecular weight is 362 g/mol. The van der Waals surface area contributed by atoms with Crippen LogP contribution in [0.3, 0.4) is 0 Å². The second-order valence-electron chi connectivity index (χ2n) is 6.48. The third-order valence-electron chi connectivity index (χ3n) is 4.73. The minimum atomic E-state index is -4.40. The van der Waals surface area contributed by atoms with Crippen LogP contribution in [0.4, 0.5) is 13.2 Å². The van der Waals surface area contributed by atoms with Crippen molar-refractivity contribution in [2.24, 2.45) is 0 Å². The smallest absolute Gasteiger partial charge is 0.416 e. The molecule has 0 spiro atoms. The lowest BCUT2D eigenvalue weighted by molar-refractivity contribution is -0.137. The molecule has 1 amide bonds. The number of benzene rings is 1. The van der Waals surface area contributed by atoms with Crippen molar-refractivity contribution in [3.05, 3.63) is 59.5 Å². The van der Waals surface area contributed by atoms with Gasteiger partial charge in [0.05, 0.1) is 17.3 Å². The summed E-state index contributed by atoms with van der Waals surface area (Å²) in [6.07, 6.45) is -0.949. The molecule has 7 heteroatoms. The predicted octanol–water partition coefficient (Wildman–Crippen LogP) is 4.54. The molecule has 3 aromatic rings. The topological polar surface area (TPSA) is 38.4 Å². The highest BCUT2D eigenvalue weighted by Crippen LogP contribution is 2.30. The van der Waals surface area contributed by atoms with Crippen LogP contribution in [-0.2, 0) is 12.7 Å². The first-order valence-electron chi connectivity index (χ1n) is 8.45. The molecule has 0 radical (unpaired) electrons. The van der Waals surface area contributed by atoms with E-state index in [0.717, 1.165) is 25.0 Å². The van der Waals surface area contributed by atoms with Gasteiger partial charge >= 0.3 is 6.18 Å². The highest BCUT2D eigenvalue weighted by atomic mass is 19.4. The van der Waals surface area contributed by atoms with Gasteiger partial charge in [0.15, 0.2) is 5.58 Å². The number of hydrogen-bond donors (Lipinski definition) is 0. The second kappa shape index (κ2) is 6.23. The molecule has 0 atom stereocenters. The molecule has 1 aliphatic rings. The Morgan fingerprint density at radius 2 is 1.88 bits per heavy atom. The van der Waals surface area contributed by atoms with Gasteiger partial charge in [0.1, 0.15) is 5.69 Å². The lowest BCUT2D eigenvalue weighted by atomic mass is 10.1. The van der Waals surface area contributed by atoms with Crippen LogP contribution in [0.25, 0.3) is 11.1 Å². The Kier molecular flexibility index (Phi) is 4.01. The Balaban J connectivity index is 1.73. The summed E-state index contributed by atoms with van der Waals surface area (Å²) in [6, 6.07) is 8.58. The van der Waals surface area contributed by atoms with Crippen LogP contribution in [0, 0.1) is 0 Å². The molecule has 3 heterocycles. The molecular formula is C19H17F3N2O2. The minimum absolute atomic E-state index is 0.110. The number of furan rings is 1. The summed E-state index contributed by atoms with van der Waals surface area (Å²) in [5, 5.41) is 0. The largest absolute Gasteiger partial charge is 0.463 e. The van der Waals surface area contributed by atoms with Crippen molar-refractivity contribution in [2.75, 3.05) is 13.1 Å². The van der Waals surface area contributed by atoms with Crippen molar-refractivity contribution in [3.8, 4) is 0 Å². The number of rotatable bonds is 3. The van der Waals surface area contributed by atoms with Crippen LogP contribution in [-0.4, -0.2) is 28.5 Å². The number of halogens is 3. The van der Waals surface area contributed by atoms with E-state index >= 15 is 0 Å². The molecule has 1 fully saturated rings. The van der Waals surface area contributed by atoms with Gasteiger partial charge < -0.3 is 13.9 Å². The van der Waals surface area contributed by atoms with Gasteiger partial charge in [-0.15, -0.1) is 0 Å². The molecule has 136 valence electrons. The maximum absolute atomic E-state index is 13.0. The van der Waals surface area contributed by atoms with E-state index in [4.69, 9.17) is 4.42 Å². The van der Waals surface area contributed by atoms with Gasteiger partial charge in [-0.1, -0.05) is 12.1 Å². The number of alkyl halides is 3. The summed E-state index contributed by atoms with van der Waals surface area (Å²) >= 11 is 0. The van der Waals surface area contributed by atoms with E-state index in [2.05, 4.69) is 0 Å². The molecule has 2 aromatic heterocycles. The number of fused-ring (bicyclic) bond motifs is 1. The van der Waals surface area contributed by atoms with E-state index in [9.17, 15) is 18.0 Å². The van der Waals surface area contributed by atoms with Crippen molar-refractivity contribution >= 4 is 17.0 Å². The zero-order valence-electron chi connectivity index (χ0n) is 13.9. The van der Waals surface area contributed by atoms with Gasteiger partial charge in [-0.25, -0.2) is 0 Å². The normalized spacial score (nSPS) is 15.1. The number of carbonyl (C=O) groups excluding carboxylic acids is 1. The Morgan fingerprint density at radius 1 is 1.12 bits per heavy atom. The third kappa shape index (κ3) is 2.98. The van der Waals surface area contributed by atoms with Crippen LogP contribution in [0.1, 0.15) is 34.5 Å². The number of hydrogen-bond acceptors (Lipinski definition) is 2. The van der Waals surface area contributed by atoms with Crippen molar-refractivity contribution in [2.45, 2.75) is 25.6 Å². The SMILES string of the molecule is O=C(c1cc2occc2n1Cc1cccc(C(F)(F)F)c1)N1CCCC1. The average Bonchev–Trinajstić information content (AvgIpc) is 3.32. The highest BCUT2D eigenvalue weighted by molar-refractivity contribution is 5.97. The number of carbonyl (C=O) groups is 1. The molecule has 1 saturated heterocycles. The van der Waals surface area contributed by atoms with Crippen molar-refractivity contribution in [1.82, 2.24) is 9.47 Å². The quantitative estimate of drug-likeness (QED) is 0.686. The fraction of sp³-hybridized carbons (Fsp3) is 0.316. The summed E-state index contributed by atoms with van der Waals surface area (Å²) in [5.41, 5.74) is 1.48. The maximum atomic E-state index is 13.0. The Bertz CT molecular complexity index is 949. The van der Waals surface area contributed by atoms with E-state index in [1.54, 1.807) is 27.7 Å². The molecule has 0 saturated carbocycles. The number of aromatic nitrogens is 1. The first-order chi connectivity index (χ1) is 12.4. The van der Waals surface area contributed by atoms with Crippen LogP contribution in [0.5, 0.6) is 0 Å². The maximum Gasteiger partial charge on any atom is 0.416 e. The molecule has 1 aliphatic heterocycles. The lowest BCUT2D eigenvalue weighted by Crippen LogP contribution is -2.29. The first kappa shape index (κ1) is 16.8. The fourth-order valence-electron chi connectivity index (χ4n) is 3.44. The number of likely N-dealkylation sites (tertiary alicyclic amines) is 1. The van der Waals surface area contributed by atoms with E-state index in [0.29, 0.717) is 35.4 Å². The molecule has 0 bridgehead atoms. The summed E-state index contributed by atoms with van der Waals surface area (Å²) in [4.78, 5) is 14.6. The van der Waals surface area contributed by atoms with Crippen LogP contribution in [0.2, 0.25) is 0 Å². The molecule has 0 aliphatic carbocycles. The summed E-state index contributed by atoms with van der Waals surface area (Å²) in [7, 11) is 0. The number of amides is 1. The number of nitrogens with zero attached hydrogens (tertiary/aromatic N) is 2. The van der Waals surface area contributed by atoms with Gasteiger partial charge in [-0.2, -0.15) is 13.2 Å². The zero-order valence-corrected chi connectivity index (χ0v) is 13.9. The molecule has 0 unspecified atom stereocenters. The van der Waals surface area contributed by atoms with Gasteiger partial charge in [0.25, 0.3) is 5.91 Å². The fourth-order valence-corrected chi connectivity index (χ4v) is 3.44. The molecular weight excluding hydrogens is 345 g/mol. The van der Waals surface area contributed by atoms with Crippen molar-refractivity contribution < 1.29 is 22.4 Å². The monoisotopic (exact) mass is 362 g/mol. The van der Waals surface area contributed by atoms with Crippen LogP contribution in [0.15, 0.2) is 47.1 Å². The van der Waals surface area contributed by atoms with E-state index in [1.165, 1.54) is 12.3 Å². The predicted molar refractivity (Wildman–Crippen MR) is 89.9 cm³/mol. The summed E-state index contributed by atoms with van der Waals surface area (Å²) < 4.78 is 46.1. The van der Waals surface area contributed by atoms with E-state index < -0.39 is 11.7 Å². The van der Waals surface area contributed by atoms with Gasteiger partial charge in [0.2, 0.25) is 0 Å². The molecule has 4 rings (SSSR count). The second-order valence-corrected chi connectivity index (χ2v) is 6.48. The minimum Gasteiger partial charge on any atom is -0.463 e. The highest BCUT2D eigenvalue weighted by Gasteiger charge is 2.30. The van der Waals surface area contributed by atoms with Crippen molar-refractivity contribution in [1.29, 1.82) is 0 Å². The summed E-state index contributed by atoms with van der Waals surface area (Å²) in [5.74, 6) is -0.110. The zero-order chi connectivity index (χ0) is 18.3. The van der Waals surface area contributed by atoms with Gasteiger partial charge in [-0.3, -0.25) is 4.79 Å². The first-order valence-corrected chi connectivity index (χ1v) is 8.45. The van der Waals surface area contributed by atoms with Gasteiger partial charge in [0, 0.05) is 31.8 Å². The Morgan fingerprint density at radius 3 is 2.62 bits per heavy atom. The van der Waals surface area contributed by atoms with E-state index in [1.807, 2.05) is 0 Å². The van der Waals surface area contributed by atoms with E-state index in [-0.39, 0.29) is 12.5 Å². The Hall–Kier alpha value is -2.70. The van der Waals surface area contributed by atoms with Crippen molar-refractivity contribution in [3.63, 3.8) is 0 Å². The molecule has 1 aromatic carbocycles. The summed E-state index contributed by atoms with van der Waals surface area (Å²) in [6.45, 7) is 1.58. The molecule has 26 heavy (non-hydrogen) atoms. The standard InChI is InChI=1S/C19H17F3N2O2/c20-19(21,22)14-5-3-4-13(10-14)12-24-15-6-9-26-17(15)11-16(24)18(25)23-7-1-2-8-23/h3-6,9-11H,1-2,7-8,12H2. The Labute approximate surface area is 147 Å². The van der Waals surface area contributed by atoms with Crippen LogP contribution < -0.4 is 0 Å².